The van der Waals surface area contributed by atoms with Gasteiger partial charge in [-0.25, -0.2) is 8.78 Å². The lowest BCUT2D eigenvalue weighted by atomic mass is 9.95. The van der Waals surface area contributed by atoms with Crippen LogP contribution >= 0.6 is 11.8 Å². The summed E-state index contributed by atoms with van der Waals surface area (Å²) in [7, 11) is 0. The maximum Gasteiger partial charge on any atom is 0.314 e. The summed E-state index contributed by atoms with van der Waals surface area (Å²) in [6, 6.07) is 2.46. The van der Waals surface area contributed by atoms with Crippen LogP contribution in [0, 0.1) is 11.6 Å². The molecule has 0 radical (unpaired) electrons. The van der Waals surface area contributed by atoms with Crippen molar-refractivity contribution in [2.45, 2.75) is 23.2 Å². The fraction of sp³-hybridized carbons (Fsp3) is 0.364. The van der Waals surface area contributed by atoms with Gasteiger partial charge in [-0.05, 0) is 31.2 Å². The molecule has 0 heterocycles. The highest BCUT2D eigenvalue weighted by molar-refractivity contribution is 7.98. The van der Waals surface area contributed by atoms with Crippen LogP contribution in [0.15, 0.2) is 17.0 Å². The SMILES string of the molecule is CSc1ccc(F)c(C2(C(=O)O)CC2)c1F. The Morgan fingerprint density at radius 1 is 1.44 bits per heavy atom. The van der Waals surface area contributed by atoms with E-state index in [9.17, 15) is 13.6 Å². The molecule has 0 saturated heterocycles. The molecule has 1 aromatic carbocycles. The van der Waals surface area contributed by atoms with Crippen molar-refractivity contribution in [1.82, 2.24) is 0 Å². The molecule has 0 amide bonds. The Kier molecular flexibility index (Phi) is 2.66. The van der Waals surface area contributed by atoms with Gasteiger partial charge < -0.3 is 5.11 Å². The van der Waals surface area contributed by atoms with Crippen LogP contribution in [0.5, 0.6) is 0 Å². The summed E-state index contributed by atoms with van der Waals surface area (Å²) < 4.78 is 27.5. The normalized spacial score (nSPS) is 17.2. The van der Waals surface area contributed by atoms with Crippen molar-refractivity contribution in [3.63, 3.8) is 0 Å². The molecule has 5 heteroatoms. The maximum atomic E-state index is 13.9. The summed E-state index contributed by atoms with van der Waals surface area (Å²) >= 11 is 1.14. The van der Waals surface area contributed by atoms with Crippen molar-refractivity contribution >= 4 is 17.7 Å². The van der Waals surface area contributed by atoms with Crippen LogP contribution in [-0.4, -0.2) is 17.3 Å². The van der Waals surface area contributed by atoms with Crippen molar-refractivity contribution in [3.05, 3.63) is 29.3 Å². The van der Waals surface area contributed by atoms with Crippen LogP contribution in [0.1, 0.15) is 18.4 Å². The zero-order chi connectivity index (χ0) is 11.9. The molecule has 1 N–H and O–H groups in total. The predicted octanol–water partition coefficient (Wildman–Crippen LogP) is 2.80. The first-order chi connectivity index (χ1) is 7.53. The molecule has 2 rings (SSSR count). The van der Waals surface area contributed by atoms with Crippen LogP contribution in [0.25, 0.3) is 0 Å². The van der Waals surface area contributed by atoms with Crippen molar-refractivity contribution in [3.8, 4) is 0 Å². The number of carboxylic acids is 1. The number of carboxylic acid groups (broad SMARTS) is 1. The first kappa shape index (κ1) is 11.4. The van der Waals surface area contributed by atoms with Gasteiger partial charge in [0.25, 0.3) is 0 Å². The lowest BCUT2D eigenvalue weighted by Gasteiger charge is -2.14. The van der Waals surface area contributed by atoms with Gasteiger partial charge in [0.1, 0.15) is 11.6 Å². The molecule has 1 aliphatic rings. The van der Waals surface area contributed by atoms with E-state index in [0.29, 0.717) is 12.8 Å². The van der Waals surface area contributed by atoms with E-state index in [1.807, 2.05) is 0 Å². The monoisotopic (exact) mass is 244 g/mol. The molecule has 0 spiro atoms. The third-order valence-electron chi connectivity index (χ3n) is 2.91. The van der Waals surface area contributed by atoms with Gasteiger partial charge in [-0.2, -0.15) is 0 Å². The van der Waals surface area contributed by atoms with Gasteiger partial charge in [0.05, 0.1) is 5.41 Å². The minimum atomic E-state index is -1.33. The van der Waals surface area contributed by atoms with Gasteiger partial charge in [0, 0.05) is 10.5 Å². The highest BCUT2D eigenvalue weighted by Crippen LogP contribution is 2.51. The topological polar surface area (TPSA) is 37.3 Å². The van der Waals surface area contributed by atoms with Gasteiger partial charge >= 0.3 is 5.97 Å². The molecule has 0 atom stereocenters. The van der Waals surface area contributed by atoms with Crippen molar-refractivity contribution in [2.24, 2.45) is 0 Å². The molecule has 0 aliphatic heterocycles. The molecule has 86 valence electrons. The summed E-state index contributed by atoms with van der Waals surface area (Å²) in [6.45, 7) is 0. The summed E-state index contributed by atoms with van der Waals surface area (Å²) in [4.78, 5) is 11.3. The number of rotatable bonds is 3. The van der Waals surface area contributed by atoms with Gasteiger partial charge in [0.2, 0.25) is 0 Å². The van der Waals surface area contributed by atoms with Crippen molar-refractivity contribution in [2.75, 3.05) is 6.26 Å². The lowest BCUT2D eigenvalue weighted by molar-refractivity contribution is -0.140. The van der Waals surface area contributed by atoms with E-state index >= 15 is 0 Å². The second-order valence-corrected chi connectivity index (χ2v) is 4.67. The third-order valence-corrected chi connectivity index (χ3v) is 3.67. The third kappa shape index (κ3) is 1.50. The van der Waals surface area contributed by atoms with Crippen LogP contribution in [0.2, 0.25) is 0 Å². The average Bonchev–Trinajstić information content (AvgIpc) is 2.99. The average molecular weight is 244 g/mol. The highest BCUT2D eigenvalue weighted by Gasteiger charge is 2.55. The van der Waals surface area contributed by atoms with E-state index < -0.39 is 23.0 Å². The quantitative estimate of drug-likeness (QED) is 0.831. The van der Waals surface area contributed by atoms with E-state index in [4.69, 9.17) is 5.11 Å². The first-order valence-electron chi connectivity index (χ1n) is 4.79. The van der Waals surface area contributed by atoms with E-state index in [-0.39, 0.29) is 10.5 Å². The summed E-state index contributed by atoms with van der Waals surface area (Å²) in [5.41, 5.74) is -1.62. The summed E-state index contributed by atoms with van der Waals surface area (Å²) in [5.74, 6) is -2.65. The van der Waals surface area contributed by atoms with Crippen LogP contribution < -0.4 is 0 Å². The molecular formula is C11H10F2O2S. The van der Waals surface area contributed by atoms with E-state index in [1.165, 1.54) is 6.07 Å². The Bertz CT molecular complexity index is 456. The molecule has 16 heavy (non-hydrogen) atoms. The summed E-state index contributed by atoms with van der Waals surface area (Å²) in [5, 5.41) is 9.03. The van der Waals surface area contributed by atoms with Gasteiger partial charge in [-0.3, -0.25) is 4.79 Å². The first-order valence-corrected chi connectivity index (χ1v) is 6.01. The fourth-order valence-electron chi connectivity index (χ4n) is 1.83. The van der Waals surface area contributed by atoms with Crippen LogP contribution in [-0.2, 0) is 10.2 Å². The number of carbonyl (C=O) groups is 1. The molecule has 1 saturated carbocycles. The molecule has 0 aromatic heterocycles. The van der Waals surface area contributed by atoms with Crippen LogP contribution in [0.3, 0.4) is 0 Å². The Balaban J connectivity index is 2.60. The lowest BCUT2D eigenvalue weighted by Crippen LogP contribution is -2.23. The zero-order valence-electron chi connectivity index (χ0n) is 8.59. The molecule has 1 aliphatic carbocycles. The Morgan fingerprint density at radius 3 is 2.50 bits per heavy atom. The Labute approximate surface area is 95.7 Å². The number of hydrogen-bond donors (Lipinski definition) is 1. The van der Waals surface area contributed by atoms with E-state index in [1.54, 1.807) is 6.26 Å². The van der Waals surface area contributed by atoms with E-state index in [0.717, 1.165) is 17.8 Å². The fourth-order valence-corrected chi connectivity index (χ4v) is 2.31. The largest absolute Gasteiger partial charge is 0.481 e. The maximum absolute atomic E-state index is 13.9. The number of halogens is 2. The van der Waals surface area contributed by atoms with Crippen LogP contribution in [0.4, 0.5) is 8.78 Å². The van der Waals surface area contributed by atoms with Gasteiger partial charge in [0.15, 0.2) is 0 Å². The number of hydrogen-bond acceptors (Lipinski definition) is 2. The summed E-state index contributed by atoms with van der Waals surface area (Å²) in [6.07, 6.45) is 2.27. The molecular weight excluding hydrogens is 234 g/mol. The van der Waals surface area contributed by atoms with Gasteiger partial charge in [-0.1, -0.05) is 0 Å². The van der Waals surface area contributed by atoms with Crippen molar-refractivity contribution < 1.29 is 18.7 Å². The van der Waals surface area contributed by atoms with Gasteiger partial charge in [-0.15, -0.1) is 11.8 Å². The zero-order valence-corrected chi connectivity index (χ0v) is 9.41. The second kappa shape index (κ2) is 3.73. The Morgan fingerprint density at radius 2 is 2.06 bits per heavy atom. The minimum absolute atomic E-state index is 0.281. The molecule has 0 bridgehead atoms. The minimum Gasteiger partial charge on any atom is -0.481 e. The predicted molar refractivity (Wildman–Crippen MR) is 56.7 cm³/mol. The smallest absolute Gasteiger partial charge is 0.314 e. The number of thioether (sulfide) groups is 1. The standard InChI is InChI=1S/C11H10F2O2S/c1-16-7-3-2-6(12)8(9(7)13)11(4-5-11)10(14)15/h2-3H,4-5H2,1H3,(H,14,15). The molecule has 2 nitrogen and oxygen atoms in total. The molecule has 1 aromatic rings. The second-order valence-electron chi connectivity index (χ2n) is 3.83. The number of benzene rings is 1. The highest BCUT2D eigenvalue weighted by atomic mass is 32.2. The number of aliphatic carboxylic acids is 1. The van der Waals surface area contributed by atoms with E-state index in [2.05, 4.69) is 0 Å². The Hall–Kier alpha value is -1.10. The molecule has 0 unspecified atom stereocenters. The van der Waals surface area contributed by atoms with Crippen molar-refractivity contribution in [1.29, 1.82) is 0 Å². The molecule has 1 fully saturated rings.